The van der Waals surface area contributed by atoms with E-state index in [2.05, 4.69) is 39.4 Å². The van der Waals surface area contributed by atoms with Gasteiger partial charge in [0.15, 0.2) is 0 Å². The van der Waals surface area contributed by atoms with E-state index in [1.165, 1.54) is 17.2 Å². The van der Waals surface area contributed by atoms with E-state index in [1.54, 1.807) is 12.1 Å². The first-order chi connectivity index (χ1) is 16.7. The van der Waals surface area contributed by atoms with E-state index in [0.29, 0.717) is 25.3 Å². The molecule has 2 aliphatic heterocycles. The number of fused-ring (bicyclic) bond motifs is 1. The van der Waals surface area contributed by atoms with Gasteiger partial charge in [-0.2, -0.15) is 0 Å². The van der Waals surface area contributed by atoms with Gasteiger partial charge in [-0.05, 0) is 59.5 Å². The van der Waals surface area contributed by atoms with Crippen molar-refractivity contribution in [3.63, 3.8) is 0 Å². The Labute approximate surface area is 200 Å². The number of ether oxygens (including phenoxy) is 1. The van der Waals surface area contributed by atoms with Crippen molar-refractivity contribution in [2.45, 2.75) is 19.0 Å². The maximum Gasteiger partial charge on any atom is 0.251 e. The Kier molecular flexibility index (Phi) is 6.88. The van der Waals surface area contributed by atoms with Crippen molar-refractivity contribution in [3.05, 3.63) is 101 Å². The topological polar surface area (TPSA) is 44.8 Å². The van der Waals surface area contributed by atoms with Crippen molar-refractivity contribution in [1.29, 1.82) is 0 Å². The van der Waals surface area contributed by atoms with Crippen LogP contribution in [-0.4, -0.2) is 50.2 Å². The smallest absolute Gasteiger partial charge is 0.251 e. The molecule has 1 N–H and O–H groups in total. The molecule has 6 heteroatoms. The molecule has 5 rings (SSSR count). The average Bonchev–Trinajstić information content (AvgIpc) is 2.89. The Hall–Kier alpha value is -3.22. The van der Waals surface area contributed by atoms with Crippen LogP contribution in [0.5, 0.6) is 0 Å². The molecular weight excluding hydrogens is 429 g/mol. The largest absolute Gasteiger partial charge is 0.379 e. The summed E-state index contributed by atoms with van der Waals surface area (Å²) in [6, 6.07) is 22.9. The summed E-state index contributed by atoms with van der Waals surface area (Å²) in [5.41, 5.74) is 5.39. The monoisotopic (exact) mass is 459 g/mol. The number of anilines is 1. The van der Waals surface area contributed by atoms with Crippen LogP contribution in [0.3, 0.4) is 0 Å². The molecule has 0 radical (unpaired) electrons. The van der Waals surface area contributed by atoms with Gasteiger partial charge in [0.05, 0.1) is 19.3 Å². The second-order valence-corrected chi connectivity index (χ2v) is 8.92. The van der Waals surface area contributed by atoms with Crippen LogP contribution in [0.15, 0.2) is 72.8 Å². The van der Waals surface area contributed by atoms with Gasteiger partial charge in [0.1, 0.15) is 5.82 Å². The van der Waals surface area contributed by atoms with Gasteiger partial charge in [0.25, 0.3) is 5.91 Å². The van der Waals surface area contributed by atoms with Gasteiger partial charge in [-0.3, -0.25) is 9.69 Å². The van der Waals surface area contributed by atoms with Crippen LogP contribution in [0.25, 0.3) is 0 Å². The van der Waals surface area contributed by atoms with Crippen LogP contribution in [-0.2, 0) is 17.7 Å². The minimum Gasteiger partial charge on any atom is -0.379 e. The Morgan fingerprint density at radius 2 is 1.71 bits per heavy atom. The predicted octanol–water partition coefficient (Wildman–Crippen LogP) is 4.19. The molecule has 2 aliphatic rings. The number of halogens is 1. The molecule has 1 saturated heterocycles. The van der Waals surface area contributed by atoms with E-state index >= 15 is 0 Å². The molecule has 0 saturated carbocycles. The second kappa shape index (κ2) is 10.4. The molecule has 5 nitrogen and oxygen atoms in total. The van der Waals surface area contributed by atoms with Crippen LogP contribution >= 0.6 is 0 Å². The first-order valence-electron chi connectivity index (χ1n) is 11.9. The summed E-state index contributed by atoms with van der Waals surface area (Å²) in [4.78, 5) is 17.5. The number of rotatable bonds is 6. The van der Waals surface area contributed by atoms with Gasteiger partial charge in [-0.15, -0.1) is 0 Å². The average molecular weight is 460 g/mol. The number of benzene rings is 3. The number of nitrogens with zero attached hydrogens (tertiary/aromatic N) is 2. The SMILES string of the molecule is O=C(NCC(c1cccc(F)c1)N1CCOCC1)c1ccc(N2CCc3ccccc3C2)cc1. The number of hydrogen-bond acceptors (Lipinski definition) is 4. The fourth-order valence-electron chi connectivity index (χ4n) is 4.89. The summed E-state index contributed by atoms with van der Waals surface area (Å²) in [6.07, 6.45) is 1.03. The number of nitrogens with one attached hydrogen (secondary N) is 1. The number of carbonyl (C=O) groups excluding carboxylic acids is 1. The molecule has 0 bridgehead atoms. The van der Waals surface area contributed by atoms with E-state index in [0.717, 1.165) is 43.9 Å². The highest BCUT2D eigenvalue weighted by atomic mass is 19.1. The van der Waals surface area contributed by atoms with Crippen molar-refractivity contribution >= 4 is 11.6 Å². The van der Waals surface area contributed by atoms with Crippen molar-refractivity contribution < 1.29 is 13.9 Å². The third-order valence-electron chi connectivity index (χ3n) is 6.80. The van der Waals surface area contributed by atoms with E-state index in [9.17, 15) is 9.18 Å². The summed E-state index contributed by atoms with van der Waals surface area (Å²) in [5.74, 6) is -0.386. The highest BCUT2D eigenvalue weighted by Gasteiger charge is 2.24. The zero-order valence-electron chi connectivity index (χ0n) is 19.3. The summed E-state index contributed by atoms with van der Waals surface area (Å²) >= 11 is 0. The molecule has 1 fully saturated rings. The number of morpholine rings is 1. The molecule has 0 spiro atoms. The minimum absolute atomic E-state index is 0.101. The predicted molar refractivity (Wildman–Crippen MR) is 132 cm³/mol. The van der Waals surface area contributed by atoms with Gasteiger partial charge >= 0.3 is 0 Å². The maximum atomic E-state index is 13.9. The van der Waals surface area contributed by atoms with E-state index in [-0.39, 0.29) is 17.8 Å². The van der Waals surface area contributed by atoms with Crippen LogP contribution in [0, 0.1) is 5.82 Å². The Balaban J connectivity index is 1.24. The molecule has 0 aliphatic carbocycles. The zero-order chi connectivity index (χ0) is 23.3. The Morgan fingerprint density at radius 3 is 2.47 bits per heavy atom. The molecule has 0 aromatic heterocycles. The van der Waals surface area contributed by atoms with Crippen molar-refractivity contribution in [2.24, 2.45) is 0 Å². The van der Waals surface area contributed by atoms with Gasteiger partial charge in [0, 0.05) is 44.0 Å². The lowest BCUT2D eigenvalue weighted by molar-refractivity contribution is 0.0162. The van der Waals surface area contributed by atoms with Gasteiger partial charge in [0.2, 0.25) is 0 Å². The Bertz CT molecular complexity index is 1130. The molecule has 1 amide bonds. The quantitative estimate of drug-likeness (QED) is 0.600. The zero-order valence-corrected chi connectivity index (χ0v) is 19.3. The highest BCUT2D eigenvalue weighted by molar-refractivity contribution is 5.94. The van der Waals surface area contributed by atoms with Crippen LogP contribution in [0.1, 0.15) is 33.1 Å². The third-order valence-corrected chi connectivity index (χ3v) is 6.80. The molecular formula is C28H30FN3O2. The number of carbonyl (C=O) groups is 1. The lowest BCUT2D eigenvalue weighted by Gasteiger charge is -2.35. The summed E-state index contributed by atoms with van der Waals surface area (Å²) in [7, 11) is 0. The maximum absolute atomic E-state index is 13.9. The van der Waals surface area contributed by atoms with Gasteiger partial charge < -0.3 is 15.0 Å². The minimum atomic E-state index is -0.266. The molecule has 3 aromatic rings. The first kappa shape index (κ1) is 22.6. The molecule has 3 aromatic carbocycles. The van der Waals surface area contributed by atoms with E-state index < -0.39 is 0 Å². The molecule has 2 heterocycles. The van der Waals surface area contributed by atoms with Gasteiger partial charge in [-0.25, -0.2) is 4.39 Å². The fraction of sp³-hybridized carbons (Fsp3) is 0.321. The Morgan fingerprint density at radius 1 is 0.941 bits per heavy atom. The summed E-state index contributed by atoms with van der Waals surface area (Å²) < 4.78 is 19.4. The van der Waals surface area contributed by atoms with Crippen LogP contribution in [0.4, 0.5) is 10.1 Å². The summed E-state index contributed by atoms with van der Waals surface area (Å²) in [6.45, 7) is 5.06. The van der Waals surface area contributed by atoms with Crippen molar-refractivity contribution in [2.75, 3.05) is 44.3 Å². The molecule has 176 valence electrons. The lowest BCUT2D eigenvalue weighted by atomic mass is 9.99. The van der Waals surface area contributed by atoms with E-state index in [1.807, 2.05) is 30.3 Å². The summed E-state index contributed by atoms with van der Waals surface area (Å²) in [5, 5.41) is 3.07. The highest BCUT2D eigenvalue weighted by Crippen LogP contribution is 2.25. The standard InChI is InChI=1S/C28H30FN3O2/c29-25-7-3-6-23(18-25)27(31-14-16-34-17-15-31)19-30-28(33)22-8-10-26(11-9-22)32-13-12-21-4-1-2-5-24(21)20-32/h1-11,18,27H,12-17,19-20H2,(H,30,33). The van der Waals surface area contributed by atoms with Crippen molar-refractivity contribution in [1.82, 2.24) is 10.2 Å². The van der Waals surface area contributed by atoms with Gasteiger partial charge in [-0.1, -0.05) is 36.4 Å². The molecule has 34 heavy (non-hydrogen) atoms. The molecule has 1 unspecified atom stereocenters. The van der Waals surface area contributed by atoms with Crippen molar-refractivity contribution in [3.8, 4) is 0 Å². The van der Waals surface area contributed by atoms with E-state index in [4.69, 9.17) is 4.74 Å². The lowest BCUT2D eigenvalue weighted by Crippen LogP contribution is -2.43. The first-order valence-corrected chi connectivity index (χ1v) is 11.9. The number of amides is 1. The third kappa shape index (κ3) is 5.13. The normalized spacial score (nSPS) is 17.1. The number of hydrogen-bond donors (Lipinski definition) is 1. The second-order valence-electron chi connectivity index (χ2n) is 8.92. The van der Waals surface area contributed by atoms with Crippen LogP contribution in [0.2, 0.25) is 0 Å². The van der Waals surface area contributed by atoms with Crippen LogP contribution < -0.4 is 10.2 Å². The fourth-order valence-corrected chi connectivity index (χ4v) is 4.89. The molecule has 1 atom stereocenters.